The summed E-state index contributed by atoms with van der Waals surface area (Å²) in [6.45, 7) is 0.738. The molecule has 2 aromatic carbocycles. The van der Waals surface area contributed by atoms with Crippen molar-refractivity contribution in [3.63, 3.8) is 0 Å². The lowest BCUT2D eigenvalue weighted by Gasteiger charge is -2.12. The van der Waals surface area contributed by atoms with Crippen molar-refractivity contribution in [1.29, 1.82) is 0 Å². The van der Waals surface area contributed by atoms with Crippen LogP contribution >= 0.6 is 0 Å². The number of ether oxygens (including phenoxy) is 3. The Morgan fingerprint density at radius 1 is 0.821 bits per heavy atom. The van der Waals surface area contributed by atoms with Gasteiger partial charge in [0.2, 0.25) is 0 Å². The molecule has 0 fully saturated rings. The molecule has 0 spiro atoms. The highest BCUT2D eigenvalue weighted by Crippen LogP contribution is 2.15. The molecule has 0 atom stereocenters. The van der Waals surface area contributed by atoms with E-state index in [-0.39, 0.29) is 5.56 Å². The van der Waals surface area contributed by atoms with Crippen molar-refractivity contribution >= 4 is 5.97 Å². The van der Waals surface area contributed by atoms with E-state index in [2.05, 4.69) is 0 Å². The number of hydrogen-bond acceptors (Lipinski definition) is 5. The maximum absolute atomic E-state index is 12.8. The Morgan fingerprint density at radius 3 is 1.79 bits per heavy atom. The largest absolute Gasteiger partial charge is 0.497 e. The Labute approximate surface area is 162 Å². The molecule has 0 radical (unpaired) electrons. The summed E-state index contributed by atoms with van der Waals surface area (Å²) in [5.41, 5.74) is 1.49. The van der Waals surface area contributed by atoms with Crippen LogP contribution in [0.1, 0.15) is 21.5 Å². The molecule has 3 rings (SSSR count). The molecule has 1 aromatic heterocycles. The summed E-state index contributed by atoms with van der Waals surface area (Å²) in [6.07, 6.45) is 1.53. The molecular formula is C21H22N2O5. The number of methoxy groups -OCH3 is 3. The number of rotatable bonds is 7. The lowest BCUT2D eigenvalue weighted by molar-refractivity contribution is 0.0599. The Bertz CT molecular complexity index is 1000. The Balaban J connectivity index is 1.96. The van der Waals surface area contributed by atoms with Crippen LogP contribution in [0.15, 0.2) is 59.5 Å². The molecule has 7 nitrogen and oxygen atoms in total. The Hall–Kier alpha value is -3.48. The molecule has 3 aromatic rings. The summed E-state index contributed by atoms with van der Waals surface area (Å²) in [5.74, 6) is 0.837. The SMILES string of the molecule is COC(=O)c1cn(Cc2ccc(OC)cc2)n(Cc2ccc(OC)cc2)c1=O. The van der Waals surface area contributed by atoms with Gasteiger partial charge in [0.05, 0.1) is 34.4 Å². The van der Waals surface area contributed by atoms with Crippen LogP contribution in [0.5, 0.6) is 11.5 Å². The third-order valence-electron chi connectivity index (χ3n) is 4.45. The fourth-order valence-electron chi connectivity index (χ4n) is 2.90. The monoisotopic (exact) mass is 382 g/mol. The van der Waals surface area contributed by atoms with Gasteiger partial charge >= 0.3 is 5.97 Å². The zero-order chi connectivity index (χ0) is 20.1. The fraction of sp³-hybridized carbons (Fsp3) is 0.238. The standard InChI is InChI=1S/C21H22N2O5/c1-26-17-8-4-15(5-9-17)12-22-14-19(21(25)28-3)20(24)23(22)13-16-6-10-18(27-2)11-7-16/h4-11,14H,12-13H2,1-3H3. The summed E-state index contributed by atoms with van der Waals surface area (Å²) in [6, 6.07) is 15.0. The Kier molecular flexibility index (Phi) is 5.84. The van der Waals surface area contributed by atoms with Crippen LogP contribution in [0, 0.1) is 0 Å². The van der Waals surface area contributed by atoms with Gasteiger partial charge in [-0.1, -0.05) is 24.3 Å². The molecule has 0 amide bonds. The second kappa shape index (κ2) is 8.47. The van der Waals surface area contributed by atoms with Crippen LogP contribution in [0.2, 0.25) is 0 Å². The molecule has 0 saturated heterocycles. The maximum Gasteiger partial charge on any atom is 0.345 e. The molecule has 7 heteroatoms. The smallest absolute Gasteiger partial charge is 0.345 e. The number of carbonyl (C=O) groups is 1. The molecule has 0 aliphatic carbocycles. The van der Waals surface area contributed by atoms with Gasteiger partial charge in [-0.25, -0.2) is 9.48 Å². The van der Waals surface area contributed by atoms with E-state index in [9.17, 15) is 9.59 Å². The first-order chi connectivity index (χ1) is 13.5. The van der Waals surface area contributed by atoms with Crippen LogP contribution in [-0.2, 0) is 17.8 Å². The minimum absolute atomic E-state index is 0.00419. The highest BCUT2D eigenvalue weighted by molar-refractivity contribution is 5.88. The fourth-order valence-corrected chi connectivity index (χ4v) is 2.90. The van der Waals surface area contributed by atoms with Crippen LogP contribution in [0.3, 0.4) is 0 Å². The molecule has 0 bridgehead atoms. The average molecular weight is 382 g/mol. The number of esters is 1. The molecule has 0 saturated carbocycles. The first-order valence-electron chi connectivity index (χ1n) is 8.70. The third-order valence-corrected chi connectivity index (χ3v) is 4.45. The Morgan fingerprint density at radius 2 is 1.32 bits per heavy atom. The summed E-state index contributed by atoms with van der Waals surface area (Å²) in [7, 11) is 4.47. The molecule has 28 heavy (non-hydrogen) atoms. The normalized spacial score (nSPS) is 10.5. The van der Waals surface area contributed by atoms with E-state index in [0.717, 1.165) is 22.6 Å². The van der Waals surface area contributed by atoms with Crippen molar-refractivity contribution in [2.45, 2.75) is 13.1 Å². The van der Waals surface area contributed by atoms with Crippen LogP contribution in [-0.4, -0.2) is 36.7 Å². The number of hydrogen-bond donors (Lipinski definition) is 0. The lowest BCUT2D eigenvalue weighted by Crippen LogP contribution is -2.26. The van der Waals surface area contributed by atoms with Gasteiger partial charge in [0.15, 0.2) is 0 Å². The predicted molar refractivity (Wildman–Crippen MR) is 104 cm³/mol. The lowest BCUT2D eigenvalue weighted by atomic mass is 10.2. The first kappa shape index (κ1) is 19.3. The van der Waals surface area contributed by atoms with Gasteiger partial charge in [-0.3, -0.25) is 9.48 Å². The van der Waals surface area contributed by atoms with Gasteiger partial charge in [-0.2, -0.15) is 0 Å². The summed E-state index contributed by atoms with van der Waals surface area (Å²) < 4.78 is 18.3. The van der Waals surface area contributed by atoms with Gasteiger partial charge in [-0.15, -0.1) is 0 Å². The third kappa shape index (κ3) is 4.09. The van der Waals surface area contributed by atoms with Crippen molar-refractivity contribution in [3.05, 3.63) is 81.8 Å². The van der Waals surface area contributed by atoms with E-state index in [0.29, 0.717) is 13.1 Å². The van der Waals surface area contributed by atoms with Crippen LogP contribution in [0.4, 0.5) is 0 Å². The highest BCUT2D eigenvalue weighted by Gasteiger charge is 2.18. The van der Waals surface area contributed by atoms with Crippen molar-refractivity contribution in [2.24, 2.45) is 0 Å². The minimum atomic E-state index is -0.651. The second-order valence-corrected chi connectivity index (χ2v) is 6.19. The topological polar surface area (TPSA) is 71.7 Å². The molecule has 0 N–H and O–H groups in total. The van der Waals surface area contributed by atoms with Gasteiger partial charge in [0.25, 0.3) is 5.56 Å². The molecule has 0 aliphatic rings. The molecular weight excluding hydrogens is 360 g/mol. The van der Waals surface area contributed by atoms with E-state index >= 15 is 0 Å². The first-order valence-corrected chi connectivity index (χ1v) is 8.70. The van der Waals surface area contributed by atoms with Gasteiger partial charge < -0.3 is 14.2 Å². The number of benzene rings is 2. The highest BCUT2D eigenvalue weighted by atomic mass is 16.5. The summed E-state index contributed by atoms with van der Waals surface area (Å²) in [4.78, 5) is 24.8. The number of carbonyl (C=O) groups excluding carboxylic acids is 1. The van der Waals surface area contributed by atoms with E-state index in [1.54, 1.807) is 18.9 Å². The molecule has 0 unspecified atom stereocenters. The minimum Gasteiger partial charge on any atom is -0.497 e. The van der Waals surface area contributed by atoms with Crippen molar-refractivity contribution < 1.29 is 19.0 Å². The van der Waals surface area contributed by atoms with Gasteiger partial charge in [0, 0.05) is 6.20 Å². The quantitative estimate of drug-likeness (QED) is 0.587. The average Bonchev–Trinajstić information content (AvgIpc) is 3.04. The van der Waals surface area contributed by atoms with Gasteiger partial charge in [0.1, 0.15) is 17.1 Å². The van der Waals surface area contributed by atoms with E-state index in [1.807, 2.05) is 48.5 Å². The second-order valence-electron chi connectivity index (χ2n) is 6.19. The molecule has 146 valence electrons. The molecule has 1 heterocycles. The van der Waals surface area contributed by atoms with E-state index < -0.39 is 11.5 Å². The van der Waals surface area contributed by atoms with Crippen molar-refractivity contribution in [3.8, 4) is 11.5 Å². The van der Waals surface area contributed by atoms with Gasteiger partial charge in [-0.05, 0) is 35.4 Å². The number of aromatic nitrogens is 2. The zero-order valence-corrected chi connectivity index (χ0v) is 16.0. The predicted octanol–water partition coefficient (Wildman–Crippen LogP) is 2.55. The van der Waals surface area contributed by atoms with E-state index in [4.69, 9.17) is 14.2 Å². The van der Waals surface area contributed by atoms with Crippen LogP contribution in [0.25, 0.3) is 0 Å². The van der Waals surface area contributed by atoms with Crippen LogP contribution < -0.4 is 15.0 Å². The van der Waals surface area contributed by atoms with Crippen molar-refractivity contribution in [1.82, 2.24) is 9.36 Å². The van der Waals surface area contributed by atoms with Crippen molar-refractivity contribution in [2.75, 3.05) is 21.3 Å². The summed E-state index contributed by atoms with van der Waals surface area (Å²) >= 11 is 0. The maximum atomic E-state index is 12.8. The zero-order valence-electron chi connectivity index (χ0n) is 16.0. The summed E-state index contributed by atoms with van der Waals surface area (Å²) in [5, 5.41) is 0. The van der Waals surface area contributed by atoms with E-state index in [1.165, 1.54) is 18.0 Å². The number of nitrogens with zero attached hydrogens (tertiary/aromatic N) is 2. The molecule has 0 aliphatic heterocycles.